The standard InChI is InChI=1S/C16H19Br2NO2/c1-3-8-19-16(13-9-11(17)4-6-14(13)18)15-7-5-12(21-15)10-20-2/h4-7,9,16,19H,3,8,10H2,1-2H3. The number of hydrogen-bond donors (Lipinski definition) is 1. The summed E-state index contributed by atoms with van der Waals surface area (Å²) in [7, 11) is 1.67. The van der Waals surface area contributed by atoms with E-state index in [-0.39, 0.29) is 6.04 Å². The summed E-state index contributed by atoms with van der Waals surface area (Å²) in [5.74, 6) is 1.73. The first-order valence-electron chi connectivity index (χ1n) is 6.91. The molecule has 0 aliphatic carbocycles. The van der Waals surface area contributed by atoms with E-state index in [1.165, 1.54) is 0 Å². The van der Waals surface area contributed by atoms with E-state index in [4.69, 9.17) is 9.15 Å². The van der Waals surface area contributed by atoms with Crippen LogP contribution in [0.2, 0.25) is 0 Å². The summed E-state index contributed by atoms with van der Waals surface area (Å²) in [5, 5.41) is 3.54. The molecule has 114 valence electrons. The first kappa shape index (κ1) is 16.7. The molecule has 2 aromatic rings. The van der Waals surface area contributed by atoms with Gasteiger partial charge in [0.25, 0.3) is 0 Å². The fourth-order valence-corrected chi connectivity index (χ4v) is 3.01. The van der Waals surface area contributed by atoms with Gasteiger partial charge in [-0.1, -0.05) is 38.8 Å². The Morgan fingerprint density at radius 2 is 2.05 bits per heavy atom. The molecule has 0 amide bonds. The molecule has 0 radical (unpaired) electrons. The van der Waals surface area contributed by atoms with Crippen molar-refractivity contribution in [2.24, 2.45) is 0 Å². The summed E-state index contributed by atoms with van der Waals surface area (Å²) in [5.41, 5.74) is 1.15. The largest absolute Gasteiger partial charge is 0.462 e. The zero-order chi connectivity index (χ0) is 15.2. The third kappa shape index (κ3) is 4.42. The lowest BCUT2D eigenvalue weighted by molar-refractivity contribution is 0.162. The SMILES string of the molecule is CCCNC(c1ccc(COC)o1)c1cc(Br)ccc1Br. The molecule has 0 saturated carbocycles. The van der Waals surface area contributed by atoms with E-state index in [2.05, 4.69) is 50.2 Å². The van der Waals surface area contributed by atoms with Gasteiger partial charge < -0.3 is 14.5 Å². The molecular formula is C16H19Br2NO2. The molecule has 5 heteroatoms. The molecule has 1 aromatic carbocycles. The van der Waals surface area contributed by atoms with Crippen LogP contribution in [-0.4, -0.2) is 13.7 Å². The number of halogens is 2. The highest BCUT2D eigenvalue weighted by molar-refractivity contribution is 9.11. The molecule has 1 unspecified atom stereocenters. The van der Waals surface area contributed by atoms with Gasteiger partial charge >= 0.3 is 0 Å². The van der Waals surface area contributed by atoms with Crippen LogP contribution in [0.4, 0.5) is 0 Å². The van der Waals surface area contributed by atoms with Gasteiger partial charge in [-0.3, -0.25) is 0 Å². The van der Waals surface area contributed by atoms with Crippen LogP contribution < -0.4 is 5.32 Å². The summed E-state index contributed by atoms with van der Waals surface area (Å²) in [6, 6.07) is 10.2. The van der Waals surface area contributed by atoms with Gasteiger partial charge in [-0.25, -0.2) is 0 Å². The summed E-state index contributed by atoms with van der Waals surface area (Å²) < 4.78 is 13.1. The predicted octanol–water partition coefficient (Wildman–Crippen LogP) is 5.04. The zero-order valence-corrected chi connectivity index (χ0v) is 15.3. The second-order valence-electron chi connectivity index (χ2n) is 4.79. The van der Waals surface area contributed by atoms with Crippen molar-refractivity contribution in [1.29, 1.82) is 0 Å². The van der Waals surface area contributed by atoms with E-state index >= 15 is 0 Å². The molecule has 1 N–H and O–H groups in total. The van der Waals surface area contributed by atoms with Gasteiger partial charge in [0, 0.05) is 16.1 Å². The average Bonchev–Trinajstić information content (AvgIpc) is 2.92. The lowest BCUT2D eigenvalue weighted by Gasteiger charge is -2.18. The fraction of sp³-hybridized carbons (Fsp3) is 0.375. The van der Waals surface area contributed by atoms with E-state index in [1.807, 2.05) is 24.3 Å². The monoisotopic (exact) mass is 415 g/mol. The summed E-state index contributed by atoms with van der Waals surface area (Å²) in [4.78, 5) is 0. The molecule has 0 fully saturated rings. The maximum atomic E-state index is 5.91. The van der Waals surface area contributed by atoms with Crippen LogP contribution in [0.1, 0.15) is 36.5 Å². The summed E-state index contributed by atoms with van der Waals surface area (Å²) in [6.45, 7) is 3.56. The van der Waals surface area contributed by atoms with Crippen molar-refractivity contribution in [2.75, 3.05) is 13.7 Å². The van der Waals surface area contributed by atoms with Crippen LogP contribution in [0.5, 0.6) is 0 Å². The van der Waals surface area contributed by atoms with Crippen molar-refractivity contribution < 1.29 is 9.15 Å². The Hall–Kier alpha value is -0.620. The van der Waals surface area contributed by atoms with Crippen LogP contribution in [0, 0.1) is 0 Å². The summed E-state index contributed by atoms with van der Waals surface area (Å²) in [6.07, 6.45) is 1.06. The van der Waals surface area contributed by atoms with Gasteiger partial charge in [-0.2, -0.15) is 0 Å². The number of furan rings is 1. The van der Waals surface area contributed by atoms with Gasteiger partial charge in [0.05, 0.1) is 6.04 Å². The van der Waals surface area contributed by atoms with Crippen molar-refractivity contribution in [3.05, 3.63) is 56.4 Å². The molecule has 3 nitrogen and oxygen atoms in total. The van der Waals surface area contributed by atoms with Crippen LogP contribution in [0.25, 0.3) is 0 Å². The second-order valence-corrected chi connectivity index (χ2v) is 6.56. The highest BCUT2D eigenvalue weighted by Gasteiger charge is 2.20. The Bertz CT molecular complexity index is 583. The number of benzene rings is 1. The van der Waals surface area contributed by atoms with E-state index in [0.29, 0.717) is 6.61 Å². The van der Waals surface area contributed by atoms with Gasteiger partial charge in [-0.15, -0.1) is 0 Å². The molecule has 2 rings (SSSR count). The van der Waals surface area contributed by atoms with E-state index in [0.717, 1.165) is 39.0 Å². The van der Waals surface area contributed by atoms with Crippen molar-refractivity contribution in [3.63, 3.8) is 0 Å². The number of methoxy groups -OCH3 is 1. The minimum atomic E-state index is 0.0161. The molecule has 1 heterocycles. The molecule has 21 heavy (non-hydrogen) atoms. The van der Waals surface area contributed by atoms with E-state index in [9.17, 15) is 0 Å². The van der Waals surface area contributed by atoms with Crippen LogP contribution >= 0.6 is 31.9 Å². The Kier molecular flexibility index (Phi) is 6.48. The number of rotatable bonds is 7. The Morgan fingerprint density at radius 3 is 2.76 bits per heavy atom. The third-order valence-electron chi connectivity index (χ3n) is 3.12. The van der Waals surface area contributed by atoms with Gasteiger partial charge in [-0.05, 0) is 48.9 Å². The Morgan fingerprint density at radius 1 is 1.24 bits per heavy atom. The van der Waals surface area contributed by atoms with Gasteiger partial charge in [0.1, 0.15) is 18.1 Å². The molecule has 0 bridgehead atoms. The molecule has 0 aliphatic heterocycles. The maximum Gasteiger partial charge on any atom is 0.129 e. The molecule has 0 spiro atoms. The normalized spacial score (nSPS) is 12.6. The van der Waals surface area contributed by atoms with Crippen molar-refractivity contribution >= 4 is 31.9 Å². The van der Waals surface area contributed by atoms with Crippen molar-refractivity contribution in [1.82, 2.24) is 5.32 Å². The summed E-state index contributed by atoms with van der Waals surface area (Å²) >= 11 is 7.17. The molecule has 0 aliphatic rings. The highest BCUT2D eigenvalue weighted by atomic mass is 79.9. The predicted molar refractivity (Wildman–Crippen MR) is 91.4 cm³/mol. The molecule has 1 atom stereocenters. The maximum absolute atomic E-state index is 5.91. The number of nitrogens with one attached hydrogen (secondary N) is 1. The van der Waals surface area contributed by atoms with Crippen LogP contribution in [-0.2, 0) is 11.3 Å². The minimum Gasteiger partial charge on any atom is -0.462 e. The minimum absolute atomic E-state index is 0.0161. The van der Waals surface area contributed by atoms with E-state index in [1.54, 1.807) is 7.11 Å². The number of ether oxygens (including phenoxy) is 1. The van der Waals surface area contributed by atoms with E-state index < -0.39 is 0 Å². The average molecular weight is 417 g/mol. The lowest BCUT2D eigenvalue weighted by atomic mass is 10.0. The molecule has 1 aromatic heterocycles. The first-order chi connectivity index (χ1) is 10.2. The molecule has 0 saturated heterocycles. The first-order valence-corrected chi connectivity index (χ1v) is 8.50. The number of hydrogen-bond acceptors (Lipinski definition) is 3. The van der Waals surface area contributed by atoms with Crippen molar-refractivity contribution in [3.8, 4) is 0 Å². The quantitative estimate of drug-likeness (QED) is 0.686. The second kappa shape index (κ2) is 8.13. The van der Waals surface area contributed by atoms with Crippen LogP contribution in [0.15, 0.2) is 43.7 Å². The topological polar surface area (TPSA) is 34.4 Å². The zero-order valence-electron chi connectivity index (χ0n) is 12.2. The fourth-order valence-electron chi connectivity index (χ4n) is 2.16. The Labute approximate surface area is 142 Å². The van der Waals surface area contributed by atoms with Crippen molar-refractivity contribution in [2.45, 2.75) is 26.0 Å². The van der Waals surface area contributed by atoms with Gasteiger partial charge in [0.15, 0.2) is 0 Å². The highest BCUT2D eigenvalue weighted by Crippen LogP contribution is 2.32. The smallest absolute Gasteiger partial charge is 0.129 e. The third-order valence-corrected chi connectivity index (χ3v) is 4.34. The van der Waals surface area contributed by atoms with Crippen LogP contribution in [0.3, 0.4) is 0 Å². The lowest BCUT2D eigenvalue weighted by Crippen LogP contribution is -2.23. The Balaban J connectivity index is 2.34. The van der Waals surface area contributed by atoms with Gasteiger partial charge in [0.2, 0.25) is 0 Å². The molecular weight excluding hydrogens is 398 g/mol.